The highest BCUT2D eigenvalue weighted by atomic mass is 35.5. The van der Waals surface area contributed by atoms with Gasteiger partial charge in [0.25, 0.3) is 10.0 Å². The van der Waals surface area contributed by atoms with Crippen LogP contribution >= 0.6 is 11.6 Å². The van der Waals surface area contributed by atoms with Crippen LogP contribution in [0.2, 0.25) is 5.02 Å². The van der Waals surface area contributed by atoms with Gasteiger partial charge in [-0.2, -0.15) is 8.42 Å². The van der Waals surface area contributed by atoms with Crippen LogP contribution < -0.4 is 10.2 Å². The van der Waals surface area contributed by atoms with Crippen molar-refractivity contribution in [3.63, 3.8) is 0 Å². The lowest BCUT2D eigenvalue weighted by Gasteiger charge is -2.25. The minimum absolute atomic E-state index is 0.0417. The monoisotopic (exact) mass is 377 g/mol. The number of carbonyl (C=O) groups excluding carboxylic acids is 1. The molecule has 0 radical (unpaired) electrons. The lowest BCUT2D eigenvalue weighted by molar-refractivity contribution is -0.119. The zero-order valence-corrected chi connectivity index (χ0v) is 15.0. The molecule has 0 unspecified atom stereocenters. The number of rotatable bonds is 4. The molecule has 0 aromatic heterocycles. The van der Waals surface area contributed by atoms with Crippen LogP contribution in [-0.2, 0) is 21.4 Å². The Kier molecular flexibility index (Phi) is 4.78. The quantitative estimate of drug-likeness (QED) is 0.887. The summed E-state index contributed by atoms with van der Waals surface area (Å²) in [5, 5.41) is 3.36. The van der Waals surface area contributed by atoms with E-state index in [9.17, 15) is 13.2 Å². The Morgan fingerprint density at radius 1 is 1.24 bits per heavy atom. The van der Waals surface area contributed by atoms with Crippen molar-refractivity contribution < 1.29 is 13.2 Å². The van der Waals surface area contributed by atoms with Crippen molar-refractivity contribution in [1.82, 2.24) is 5.32 Å². The average Bonchev–Trinajstić information content (AvgIpc) is 2.56. The van der Waals surface area contributed by atoms with Crippen molar-refractivity contribution in [2.75, 3.05) is 11.4 Å². The van der Waals surface area contributed by atoms with E-state index in [1.807, 2.05) is 25.1 Å². The van der Waals surface area contributed by atoms with Crippen molar-refractivity contribution in [1.29, 1.82) is 0 Å². The fourth-order valence-electron chi connectivity index (χ4n) is 2.48. The van der Waals surface area contributed by atoms with Gasteiger partial charge >= 0.3 is 0 Å². The number of fused-ring (bicyclic) bond motifs is 1. The lowest BCUT2D eigenvalue weighted by atomic mass is 10.2. The summed E-state index contributed by atoms with van der Waals surface area (Å²) in [6.07, 6.45) is 1.17. The Labute approximate surface area is 151 Å². The third-order valence-corrected chi connectivity index (χ3v) is 5.42. The Morgan fingerprint density at radius 2 is 2.00 bits per heavy atom. The topological polar surface area (TPSA) is 78.8 Å². The zero-order chi connectivity index (χ0) is 18.0. The molecule has 130 valence electrons. The van der Waals surface area contributed by atoms with Gasteiger partial charge in [0.2, 0.25) is 5.91 Å². The van der Waals surface area contributed by atoms with Crippen LogP contribution in [0, 0.1) is 6.92 Å². The molecule has 0 spiro atoms. The van der Waals surface area contributed by atoms with Gasteiger partial charge in [-0.1, -0.05) is 35.9 Å². The number of amides is 1. The fourth-order valence-corrected chi connectivity index (χ4v) is 3.71. The second kappa shape index (κ2) is 6.85. The number of nitrogens with one attached hydrogen (secondary N) is 1. The summed E-state index contributed by atoms with van der Waals surface area (Å²) in [4.78, 5) is 13.9. The van der Waals surface area contributed by atoms with E-state index >= 15 is 0 Å². The van der Waals surface area contributed by atoms with E-state index in [2.05, 4.69) is 9.71 Å². The smallest absolute Gasteiger partial charge is 0.285 e. The molecule has 0 aliphatic carbocycles. The van der Waals surface area contributed by atoms with Crippen LogP contribution in [0.5, 0.6) is 0 Å². The Balaban J connectivity index is 1.74. The summed E-state index contributed by atoms with van der Waals surface area (Å²) in [7, 11) is -3.71. The van der Waals surface area contributed by atoms with Crippen LogP contribution in [0.25, 0.3) is 0 Å². The molecule has 2 aromatic carbocycles. The molecule has 25 heavy (non-hydrogen) atoms. The SMILES string of the molecule is Cc1ccc2c(c1)N(CC(=O)NCc1ccccc1Cl)C=NS2(=O)=O. The first-order valence-electron chi connectivity index (χ1n) is 7.55. The number of halogens is 1. The van der Waals surface area contributed by atoms with Gasteiger partial charge < -0.3 is 10.2 Å². The van der Waals surface area contributed by atoms with Gasteiger partial charge in [-0.15, -0.1) is 4.40 Å². The predicted octanol–water partition coefficient (Wildman–Crippen LogP) is 2.50. The molecular formula is C17H16ClN3O3S. The van der Waals surface area contributed by atoms with Crippen molar-refractivity contribution >= 4 is 39.6 Å². The molecule has 0 saturated heterocycles. The van der Waals surface area contributed by atoms with E-state index in [0.29, 0.717) is 17.3 Å². The number of hydrogen-bond acceptors (Lipinski definition) is 4. The van der Waals surface area contributed by atoms with Gasteiger partial charge in [-0.05, 0) is 36.2 Å². The molecule has 1 aliphatic heterocycles. The molecule has 8 heteroatoms. The molecule has 0 fully saturated rings. The summed E-state index contributed by atoms with van der Waals surface area (Å²) in [6.45, 7) is 2.11. The Bertz CT molecular complexity index is 957. The van der Waals surface area contributed by atoms with Crippen molar-refractivity contribution in [3.8, 4) is 0 Å². The van der Waals surface area contributed by atoms with E-state index in [0.717, 1.165) is 11.1 Å². The standard InChI is InChI=1S/C17H16ClN3O3S/c1-12-6-7-16-15(8-12)21(11-20-25(16,23)24)10-17(22)19-9-13-4-2-3-5-14(13)18/h2-8,11H,9-10H2,1H3,(H,19,22). The van der Waals surface area contributed by atoms with Crippen LogP contribution in [0.1, 0.15) is 11.1 Å². The number of anilines is 1. The zero-order valence-electron chi connectivity index (χ0n) is 13.4. The van der Waals surface area contributed by atoms with Crippen LogP contribution in [0.4, 0.5) is 5.69 Å². The highest BCUT2D eigenvalue weighted by Gasteiger charge is 2.26. The Morgan fingerprint density at radius 3 is 2.76 bits per heavy atom. The second-order valence-electron chi connectivity index (χ2n) is 5.66. The molecule has 3 rings (SSSR count). The molecule has 2 aromatic rings. The molecule has 0 atom stereocenters. The van der Waals surface area contributed by atoms with E-state index < -0.39 is 10.0 Å². The Hall–Kier alpha value is -2.38. The molecule has 0 saturated carbocycles. The first-order chi connectivity index (χ1) is 11.9. The molecule has 6 nitrogen and oxygen atoms in total. The minimum atomic E-state index is -3.71. The van der Waals surface area contributed by atoms with Gasteiger partial charge in [0, 0.05) is 11.6 Å². The fraction of sp³-hybridized carbons (Fsp3) is 0.176. The van der Waals surface area contributed by atoms with Crippen molar-refractivity contribution in [2.24, 2.45) is 4.40 Å². The van der Waals surface area contributed by atoms with Crippen molar-refractivity contribution in [3.05, 3.63) is 58.6 Å². The summed E-state index contributed by atoms with van der Waals surface area (Å²) in [6, 6.07) is 12.2. The van der Waals surface area contributed by atoms with Crippen molar-refractivity contribution in [2.45, 2.75) is 18.4 Å². The molecule has 1 N–H and O–H groups in total. The first-order valence-corrected chi connectivity index (χ1v) is 9.36. The largest absolute Gasteiger partial charge is 0.350 e. The number of carbonyl (C=O) groups is 1. The molecular weight excluding hydrogens is 362 g/mol. The molecule has 1 aliphatic rings. The van der Waals surface area contributed by atoms with Crippen LogP contribution in [-0.4, -0.2) is 27.2 Å². The summed E-state index contributed by atoms with van der Waals surface area (Å²) >= 11 is 6.07. The van der Waals surface area contributed by atoms with Crippen LogP contribution in [0.3, 0.4) is 0 Å². The third kappa shape index (κ3) is 3.83. The number of hydrogen-bond donors (Lipinski definition) is 1. The summed E-state index contributed by atoms with van der Waals surface area (Å²) < 4.78 is 27.6. The minimum Gasteiger partial charge on any atom is -0.350 e. The van der Waals surface area contributed by atoms with Gasteiger partial charge in [0.1, 0.15) is 17.8 Å². The highest BCUT2D eigenvalue weighted by Crippen LogP contribution is 2.30. The summed E-state index contributed by atoms with van der Waals surface area (Å²) in [5.41, 5.74) is 2.15. The highest BCUT2D eigenvalue weighted by molar-refractivity contribution is 7.90. The molecule has 1 heterocycles. The van der Waals surface area contributed by atoms with E-state index in [4.69, 9.17) is 11.6 Å². The van der Waals surface area contributed by atoms with Gasteiger partial charge in [-0.25, -0.2) is 0 Å². The number of sulfonamides is 1. The van der Waals surface area contributed by atoms with E-state index in [1.165, 1.54) is 17.3 Å². The van der Waals surface area contributed by atoms with Gasteiger partial charge in [-0.3, -0.25) is 4.79 Å². The maximum Gasteiger partial charge on any atom is 0.285 e. The predicted molar refractivity (Wildman–Crippen MR) is 97.5 cm³/mol. The number of benzene rings is 2. The first kappa shape index (κ1) is 17.4. The molecule has 0 bridgehead atoms. The van der Waals surface area contributed by atoms with Gasteiger partial charge in [0.15, 0.2) is 0 Å². The van der Waals surface area contributed by atoms with E-state index in [1.54, 1.807) is 18.2 Å². The third-order valence-electron chi connectivity index (χ3n) is 3.77. The second-order valence-corrected chi connectivity index (χ2v) is 7.67. The molecule has 1 amide bonds. The average molecular weight is 378 g/mol. The van der Waals surface area contributed by atoms with E-state index in [-0.39, 0.29) is 17.3 Å². The maximum absolute atomic E-state index is 12.2. The number of aryl methyl sites for hydroxylation is 1. The van der Waals surface area contributed by atoms with Crippen LogP contribution in [0.15, 0.2) is 51.8 Å². The summed E-state index contributed by atoms with van der Waals surface area (Å²) in [5.74, 6) is -0.266. The normalized spacial score (nSPS) is 14.9. The lowest BCUT2D eigenvalue weighted by Crippen LogP contribution is -2.38. The maximum atomic E-state index is 12.2. The van der Waals surface area contributed by atoms with Gasteiger partial charge in [0.05, 0.1) is 5.69 Å². The number of nitrogens with zero attached hydrogens (tertiary/aromatic N) is 2.